The van der Waals surface area contributed by atoms with Crippen molar-refractivity contribution in [3.63, 3.8) is 0 Å². The largest absolute Gasteiger partial charge is 0.386 e. The van der Waals surface area contributed by atoms with Gasteiger partial charge >= 0.3 is 11.9 Å². The molecule has 0 saturated heterocycles. The molecule has 1 heterocycles. The minimum atomic E-state index is -0.730. The van der Waals surface area contributed by atoms with Gasteiger partial charge in [-0.25, -0.2) is 9.59 Å². The number of nitrogens with zero attached hydrogens (tertiary/aromatic N) is 1. The number of hydrogen-bond acceptors (Lipinski definition) is 6. The summed E-state index contributed by atoms with van der Waals surface area (Å²) in [7, 11) is 0. The van der Waals surface area contributed by atoms with Gasteiger partial charge in [0.05, 0.1) is 16.8 Å². The van der Waals surface area contributed by atoms with Gasteiger partial charge in [0.25, 0.3) is 0 Å². The van der Waals surface area contributed by atoms with Crippen molar-refractivity contribution < 1.29 is 14.3 Å². The van der Waals surface area contributed by atoms with Crippen molar-refractivity contribution in [2.45, 2.75) is 19.3 Å². The second-order valence-corrected chi connectivity index (χ2v) is 6.08. The molecule has 2 aromatic rings. The number of aliphatic imine (C=N–C) groups is 1. The number of nitrogen functional groups attached to an aromatic ring is 1. The molecule has 0 atom stereocenters. The second kappa shape index (κ2) is 5.90. The Kier molecular flexibility index (Phi) is 3.91. The Bertz CT molecular complexity index is 856. The molecule has 0 radical (unpaired) electrons. The van der Waals surface area contributed by atoms with Crippen LogP contribution >= 0.6 is 0 Å². The molecule has 0 fully saturated rings. The summed E-state index contributed by atoms with van der Waals surface area (Å²) < 4.78 is 5.04. The maximum atomic E-state index is 12.5. The van der Waals surface area contributed by atoms with E-state index in [4.69, 9.17) is 10.6 Å². The third-order valence-electron chi connectivity index (χ3n) is 3.88. The lowest BCUT2D eigenvalue weighted by molar-refractivity contribution is 0.0396. The number of carbonyl (C=O) groups excluding carboxylic acids is 2. The monoisotopic (exact) mass is 323 g/mol. The van der Waals surface area contributed by atoms with Crippen LogP contribution in [0.5, 0.6) is 0 Å². The van der Waals surface area contributed by atoms with Crippen LogP contribution in [0.2, 0.25) is 0 Å². The van der Waals surface area contributed by atoms with E-state index >= 15 is 0 Å². The Morgan fingerprint density at radius 3 is 2.62 bits per heavy atom. The van der Waals surface area contributed by atoms with Crippen LogP contribution < -0.4 is 11.3 Å². The molecule has 2 aromatic carbocycles. The fourth-order valence-corrected chi connectivity index (χ4v) is 2.72. The van der Waals surface area contributed by atoms with Crippen LogP contribution in [0.4, 0.5) is 11.4 Å². The summed E-state index contributed by atoms with van der Waals surface area (Å²) in [4.78, 5) is 29.0. The molecular formula is C18H17N3O3. The van der Waals surface area contributed by atoms with Gasteiger partial charge in [0.2, 0.25) is 0 Å². The van der Waals surface area contributed by atoms with Crippen LogP contribution in [0.25, 0.3) is 0 Å². The number of anilines is 1. The Hall–Kier alpha value is -2.99. The highest BCUT2D eigenvalue weighted by molar-refractivity contribution is 6.05. The maximum Gasteiger partial charge on any atom is 0.346 e. The van der Waals surface area contributed by atoms with Crippen molar-refractivity contribution in [2.75, 3.05) is 5.43 Å². The molecule has 0 aliphatic carbocycles. The molecule has 0 amide bonds. The lowest BCUT2D eigenvalue weighted by Gasteiger charge is -2.18. The Labute approximate surface area is 139 Å². The Morgan fingerprint density at radius 2 is 1.88 bits per heavy atom. The molecule has 1 aliphatic heterocycles. The molecule has 0 unspecified atom stereocenters. The number of ether oxygens (including phenoxy) is 1. The third kappa shape index (κ3) is 2.79. The number of rotatable bonds is 3. The van der Waals surface area contributed by atoms with E-state index in [2.05, 4.69) is 10.4 Å². The van der Waals surface area contributed by atoms with Gasteiger partial charge in [-0.1, -0.05) is 26.0 Å². The Balaban J connectivity index is 1.87. The van der Waals surface area contributed by atoms with E-state index in [1.807, 2.05) is 19.9 Å². The van der Waals surface area contributed by atoms with E-state index < -0.39 is 17.4 Å². The predicted molar refractivity (Wildman–Crippen MR) is 91.6 cm³/mol. The van der Waals surface area contributed by atoms with E-state index in [0.29, 0.717) is 11.3 Å². The molecule has 6 heteroatoms. The summed E-state index contributed by atoms with van der Waals surface area (Å²) in [6.45, 7) is 3.91. The fraction of sp³-hybridized carbons (Fsp3) is 0.167. The van der Waals surface area contributed by atoms with Crippen molar-refractivity contribution in [1.82, 2.24) is 0 Å². The molecule has 24 heavy (non-hydrogen) atoms. The highest BCUT2D eigenvalue weighted by atomic mass is 16.6. The number of nitrogens with one attached hydrogen (secondary N) is 1. The quantitative estimate of drug-likeness (QED) is 0.392. The smallest absolute Gasteiger partial charge is 0.346 e. The zero-order valence-electron chi connectivity index (χ0n) is 13.4. The summed E-state index contributed by atoms with van der Waals surface area (Å²) in [6, 6.07) is 11.6. The second-order valence-electron chi connectivity index (χ2n) is 6.08. The molecule has 6 nitrogen and oxygen atoms in total. The van der Waals surface area contributed by atoms with E-state index in [1.165, 1.54) is 6.07 Å². The number of benzene rings is 2. The minimum Gasteiger partial charge on any atom is -0.386 e. The molecule has 0 saturated carbocycles. The SMILES string of the molecule is CC1(C)C=Nc2cccc(C(=O)OC(=O)c3cccc(NN)c3)c21. The van der Waals surface area contributed by atoms with Crippen LogP contribution in [-0.2, 0) is 10.2 Å². The predicted octanol–water partition coefficient (Wildman–Crippen LogP) is 2.96. The number of fused-ring (bicyclic) bond motifs is 1. The lowest BCUT2D eigenvalue weighted by atomic mass is 9.84. The lowest BCUT2D eigenvalue weighted by Crippen LogP contribution is -2.21. The molecule has 0 spiro atoms. The molecule has 0 bridgehead atoms. The van der Waals surface area contributed by atoms with Crippen molar-refractivity contribution in [1.29, 1.82) is 0 Å². The average Bonchev–Trinajstić information content (AvgIpc) is 2.90. The number of esters is 2. The fourth-order valence-electron chi connectivity index (χ4n) is 2.72. The number of hydrogen-bond donors (Lipinski definition) is 2. The summed E-state index contributed by atoms with van der Waals surface area (Å²) >= 11 is 0. The topological polar surface area (TPSA) is 93.8 Å². The van der Waals surface area contributed by atoms with Gasteiger partial charge in [-0.15, -0.1) is 0 Å². The minimum absolute atomic E-state index is 0.238. The van der Waals surface area contributed by atoms with Gasteiger partial charge in [0.15, 0.2) is 0 Å². The van der Waals surface area contributed by atoms with Crippen LogP contribution in [0, 0.1) is 0 Å². The Morgan fingerprint density at radius 1 is 1.12 bits per heavy atom. The summed E-state index contributed by atoms with van der Waals surface area (Å²) in [5.74, 6) is 3.90. The first kappa shape index (κ1) is 15.9. The summed E-state index contributed by atoms with van der Waals surface area (Å²) in [5, 5.41) is 0. The van der Waals surface area contributed by atoms with Gasteiger partial charge in [-0.3, -0.25) is 10.8 Å². The van der Waals surface area contributed by atoms with E-state index in [1.54, 1.807) is 36.5 Å². The van der Waals surface area contributed by atoms with E-state index in [-0.39, 0.29) is 5.56 Å². The molecule has 0 aromatic heterocycles. The number of carbonyl (C=O) groups is 2. The highest BCUT2D eigenvalue weighted by Gasteiger charge is 2.32. The molecule has 3 rings (SSSR count). The van der Waals surface area contributed by atoms with Gasteiger partial charge in [0.1, 0.15) is 0 Å². The van der Waals surface area contributed by atoms with E-state index in [9.17, 15) is 9.59 Å². The van der Waals surface area contributed by atoms with Crippen molar-refractivity contribution in [3.05, 3.63) is 59.2 Å². The molecule has 3 N–H and O–H groups in total. The zero-order valence-corrected chi connectivity index (χ0v) is 13.4. The van der Waals surface area contributed by atoms with Crippen molar-refractivity contribution in [3.8, 4) is 0 Å². The van der Waals surface area contributed by atoms with Crippen molar-refractivity contribution in [2.24, 2.45) is 10.8 Å². The van der Waals surface area contributed by atoms with Gasteiger partial charge < -0.3 is 10.2 Å². The number of hydrazine groups is 1. The van der Waals surface area contributed by atoms with Crippen LogP contribution in [0.1, 0.15) is 40.1 Å². The van der Waals surface area contributed by atoms with Gasteiger partial charge in [0, 0.05) is 22.9 Å². The zero-order chi connectivity index (χ0) is 17.3. The van der Waals surface area contributed by atoms with E-state index in [0.717, 1.165) is 11.3 Å². The molecule has 1 aliphatic rings. The van der Waals surface area contributed by atoms with Crippen LogP contribution in [-0.4, -0.2) is 18.2 Å². The summed E-state index contributed by atoms with van der Waals surface area (Å²) in [6.07, 6.45) is 1.78. The standard InChI is InChI=1S/C18H17N3O3/c1-18(2)10-20-14-8-4-7-13(15(14)18)17(23)24-16(22)11-5-3-6-12(9-11)21-19/h3-10,21H,19H2,1-2H3. The first-order chi connectivity index (χ1) is 11.4. The highest BCUT2D eigenvalue weighted by Crippen LogP contribution is 2.39. The first-order valence-corrected chi connectivity index (χ1v) is 7.44. The maximum absolute atomic E-state index is 12.5. The third-order valence-corrected chi connectivity index (χ3v) is 3.88. The summed E-state index contributed by atoms with van der Waals surface area (Å²) in [5.41, 5.74) is 4.66. The normalized spacial score (nSPS) is 14.1. The van der Waals surface area contributed by atoms with Gasteiger partial charge in [-0.05, 0) is 30.3 Å². The first-order valence-electron chi connectivity index (χ1n) is 7.44. The average molecular weight is 323 g/mol. The molecule has 122 valence electrons. The van der Waals surface area contributed by atoms with Gasteiger partial charge in [-0.2, -0.15) is 0 Å². The van der Waals surface area contributed by atoms with Crippen molar-refractivity contribution >= 4 is 29.5 Å². The van der Waals surface area contributed by atoms with Crippen LogP contribution in [0.15, 0.2) is 47.5 Å². The molecular weight excluding hydrogens is 306 g/mol. The number of nitrogens with two attached hydrogens (primary N) is 1. The van der Waals surface area contributed by atoms with Crippen LogP contribution in [0.3, 0.4) is 0 Å².